The Labute approximate surface area is 149 Å². The van der Waals surface area contributed by atoms with Crippen LogP contribution >= 0.6 is 11.3 Å². The zero-order chi connectivity index (χ0) is 18.0. The largest absolute Gasteiger partial charge is 0.282 e. The van der Waals surface area contributed by atoms with Crippen molar-refractivity contribution in [1.29, 1.82) is 0 Å². The Hall–Kier alpha value is -2.22. The first-order chi connectivity index (χ1) is 11.9. The number of rotatable bonds is 4. The van der Waals surface area contributed by atoms with Gasteiger partial charge in [-0.3, -0.25) is 34.9 Å². The highest BCUT2D eigenvalue weighted by atomic mass is 32.1. The van der Waals surface area contributed by atoms with Crippen LogP contribution in [0.15, 0.2) is 6.07 Å². The summed E-state index contributed by atoms with van der Waals surface area (Å²) in [4.78, 5) is 49.9. The van der Waals surface area contributed by atoms with Gasteiger partial charge in [-0.2, -0.15) is 0 Å². The molecule has 1 fully saturated rings. The molecule has 0 radical (unpaired) electrons. The van der Waals surface area contributed by atoms with Crippen LogP contribution in [-0.4, -0.2) is 35.1 Å². The van der Waals surface area contributed by atoms with E-state index in [4.69, 9.17) is 0 Å². The maximum absolute atomic E-state index is 12.2. The Balaban J connectivity index is 1.46. The maximum atomic E-state index is 12.2. The number of likely N-dealkylation sites (tertiary alicyclic amines) is 1. The number of hydrazine groups is 1. The topological polar surface area (TPSA) is 95.6 Å². The average molecular weight is 363 g/mol. The van der Waals surface area contributed by atoms with E-state index >= 15 is 0 Å². The summed E-state index contributed by atoms with van der Waals surface area (Å²) in [6.45, 7) is 2.25. The molecule has 2 aliphatic rings. The van der Waals surface area contributed by atoms with E-state index in [0.29, 0.717) is 10.8 Å². The summed E-state index contributed by atoms with van der Waals surface area (Å²) in [7, 11) is 0. The summed E-state index contributed by atoms with van der Waals surface area (Å²) in [5.74, 6) is -0.640. The van der Waals surface area contributed by atoms with Crippen LogP contribution in [-0.2, 0) is 27.2 Å². The number of amides is 4. The highest BCUT2D eigenvalue weighted by molar-refractivity contribution is 7.14. The summed E-state index contributed by atoms with van der Waals surface area (Å²) in [6, 6.07) is 1.90. The molecule has 1 aliphatic carbocycles. The Bertz CT molecular complexity index is 711. The van der Waals surface area contributed by atoms with Crippen LogP contribution in [0.5, 0.6) is 0 Å². The number of nitrogens with one attached hydrogen (secondary N) is 2. The van der Waals surface area contributed by atoms with Gasteiger partial charge in [0.1, 0.15) is 0 Å². The second-order valence-electron chi connectivity index (χ2n) is 6.60. The van der Waals surface area contributed by atoms with E-state index in [9.17, 15) is 19.2 Å². The molecule has 1 aliphatic heterocycles. The minimum absolute atomic E-state index is 0.0315. The molecule has 0 spiro atoms. The van der Waals surface area contributed by atoms with Crippen molar-refractivity contribution >= 4 is 35.0 Å². The molecule has 1 atom stereocenters. The fourth-order valence-electron chi connectivity index (χ4n) is 3.15. The number of nitrogens with zero attached hydrogens (tertiary/aromatic N) is 1. The van der Waals surface area contributed by atoms with Crippen molar-refractivity contribution in [3.8, 4) is 0 Å². The standard InChI is InChI=1S/C17H21N3O4S/c1-10-2-3-12-11(8-10)9-13(25-12)17(24)19-18-14(21)6-7-20-15(22)4-5-16(20)23/h9-10H,2-8H2,1H3,(H,18,21)(H,19,24). The first kappa shape index (κ1) is 17.6. The molecule has 25 heavy (non-hydrogen) atoms. The molecular weight excluding hydrogens is 342 g/mol. The lowest BCUT2D eigenvalue weighted by Gasteiger charge is -2.16. The predicted octanol–water partition coefficient (Wildman–Crippen LogP) is 1.17. The quantitative estimate of drug-likeness (QED) is 0.620. The molecule has 1 aromatic heterocycles. The van der Waals surface area contributed by atoms with Gasteiger partial charge in [-0.05, 0) is 36.8 Å². The lowest BCUT2D eigenvalue weighted by molar-refractivity contribution is -0.138. The van der Waals surface area contributed by atoms with Crippen molar-refractivity contribution in [2.75, 3.05) is 6.54 Å². The van der Waals surface area contributed by atoms with Gasteiger partial charge in [0.2, 0.25) is 17.7 Å². The van der Waals surface area contributed by atoms with Gasteiger partial charge in [0.05, 0.1) is 4.88 Å². The number of aryl methyl sites for hydroxylation is 1. The molecule has 7 nitrogen and oxygen atoms in total. The number of thiophene rings is 1. The zero-order valence-electron chi connectivity index (χ0n) is 14.1. The summed E-state index contributed by atoms with van der Waals surface area (Å²) < 4.78 is 0. The number of carbonyl (C=O) groups excluding carboxylic acids is 4. The lowest BCUT2D eigenvalue weighted by Crippen LogP contribution is -2.43. The molecule has 0 aromatic carbocycles. The highest BCUT2D eigenvalue weighted by Gasteiger charge is 2.28. The molecule has 1 saturated heterocycles. The predicted molar refractivity (Wildman–Crippen MR) is 91.7 cm³/mol. The zero-order valence-corrected chi connectivity index (χ0v) is 14.9. The normalized spacial score (nSPS) is 19.7. The minimum atomic E-state index is -0.434. The molecule has 134 valence electrons. The second kappa shape index (κ2) is 7.35. The molecule has 0 saturated carbocycles. The van der Waals surface area contributed by atoms with E-state index in [1.807, 2.05) is 6.07 Å². The third-order valence-corrected chi connectivity index (χ3v) is 5.82. The van der Waals surface area contributed by atoms with Gasteiger partial charge in [-0.15, -0.1) is 11.3 Å². The van der Waals surface area contributed by atoms with Gasteiger partial charge in [0.25, 0.3) is 5.91 Å². The number of carbonyl (C=O) groups is 4. The molecule has 1 unspecified atom stereocenters. The van der Waals surface area contributed by atoms with Crippen molar-refractivity contribution < 1.29 is 19.2 Å². The third kappa shape index (κ3) is 4.07. The fourth-order valence-corrected chi connectivity index (χ4v) is 4.26. The van der Waals surface area contributed by atoms with Crippen LogP contribution in [0.1, 0.15) is 52.7 Å². The molecule has 0 bridgehead atoms. The molecule has 8 heteroatoms. The smallest absolute Gasteiger partial charge is 0.279 e. The molecule has 2 heterocycles. The summed E-state index contributed by atoms with van der Waals surface area (Å²) >= 11 is 1.47. The first-order valence-electron chi connectivity index (χ1n) is 8.48. The lowest BCUT2D eigenvalue weighted by atomic mass is 9.90. The Morgan fingerprint density at radius 3 is 2.64 bits per heavy atom. The van der Waals surface area contributed by atoms with E-state index < -0.39 is 5.91 Å². The van der Waals surface area contributed by atoms with Crippen molar-refractivity contribution in [2.45, 2.75) is 45.4 Å². The Morgan fingerprint density at radius 2 is 1.92 bits per heavy atom. The van der Waals surface area contributed by atoms with Crippen LogP contribution in [0.25, 0.3) is 0 Å². The van der Waals surface area contributed by atoms with Crippen molar-refractivity contribution in [3.05, 3.63) is 21.4 Å². The number of hydrogen-bond acceptors (Lipinski definition) is 5. The Morgan fingerprint density at radius 1 is 1.20 bits per heavy atom. The van der Waals surface area contributed by atoms with Crippen LogP contribution in [0, 0.1) is 5.92 Å². The van der Waals surface area contributed by atoms with Gasteiger partial charge < -0.3 is 0 Å². The van der Waals surface area contributed by atoms with Gasteiger partial charge in [-0.1, -0.05) is 6.92 Å². The van der Waals surface area contributed by atoms with Crippen molar-refractivity contribution in [2.24, 2.45) is 5.92 Å². The molecule has 2 N–H and O–H groups in total. The number of hydrogen-bond donors (Lipinski definition) is 2. The summed E-state index contributed by atoms with van der Waals surface area (Å²) in [6.07, 6.45) is 3.51. The van der Waals surface area contributed by atoms with Gasteiger partial charge in [0.15, 0.2) is 0 Å². The van der Waals surface area contributed by atoms with Crippen LogP contribution in [0.3, 0.4) is 0 Å². The van der Waals surface area contributed by atoms with E-state index in [0.717, 1.165) is 24.2 Å². The number of imide groups is 1. The summed E-state index contributed by atoms with van der Waals surface area (Å²) in [5, 5.41) is 0. The third-order valence-electron chi connectivity index (χ3n) is 4.59. The SMILES string of the molecule is CC1CCc2sc(C(=O)NNC(=O)CCN3C(=O)CCC3=O)cc2C1. The second-order valence-corrected chi connectivity index (χ2v) is 7.74. The van der Waals surface area contributed by atoms with E-state index in [1.165, 1.54) is 21.8 Å². The number of fused-ring (bicyclic) bond motifs is 1. The molecule has 3 rings (SSSR count). The Kier molecular flexibility index (Phi) is 5.17. The van der Waals surface area contributed by atoms with Crippen molar-refractivity contribution in [3.63, 3.8) is 0 Å². The van der Waals surface area contributed by atoms with Crippen LogP contribution in [0.4, 0.5) is 0 Å². The molecular formula is C17H21N3O4S. The average Bonchev–Trinajstić information content (AvgIpc) is 3.14. The minimum Gasteiger partial charge on any atom is -0.282 e. The van der Waals surface area contributed by atoms with Crippen LogP contribution in [0.2, 0.25) is 0 Å². The fraction of sp³-hybridized carbons (Fsp3) is 0.529. The monoisotopic (exact) mass is 363 g/mol. The maximum Gasteiger partial charge on any atom is 0.279 e. The van der Waals surface area contributed by atoms with Gasteiger partial charge >= 0.3 is 0 Å². The molecule has 1 aromatic rings. The van der Waals surface area contributed by atoms with Crippen LogP contribution < -0.4 is 10.9 Å². The van der Waals surface area contributed by atoms with Gasteiger partial charge in [-0.25, -0.2) is 0 Å². The summed E-state index contributed by atoms with van der Waals surface area (Å²) in [5.41, 5.74) is 5.97. The van der Waals surface area contributed by atoms with E-state index in [1.54, 1.807) is 0 Å². The van der Waals surface area contributed by atoms with Crippen molar-refractivity contribution in [1.82, 2.24) is 15.8 Å². The molecule has 4 amide bonds. The van der Waals surface area contributed by atoms with E-state index in [2.05, 4.69) is 17.8 Å². The van der Waals surface area contributed by atoms with E-state index in [-0.39, 0.29) is 43.5 Å². The highest BCUT2D eigenvalue weighted by Crippen LogP contribution is 2.32. The van der Waals surface area contributed by atoms with Gasteiger partial charge in [0, 0.05) is 30.7 Å². The first-order valence-corrected chi connectivity index (χ1v) is 9.29.